The summed E-state index contributed by atoms with van der Waals surface area (Å²) < 4.78 is 44.9. The first-order valence-corrected chi connectivity index (χ1v) is 10.4. The molecule has 10 nitrogen and oxygen atoms in total. The van der Waals surface area contributed by atoms with E-state index in [4.69, 9.17) is 19.9 Å². The summed E-state index contributed by atoms with van der Waals surface area (Å²) in [5.74, 6) is 1.95. The number of halogens is 2. The van der Waals surface area contributed by atoms with Crippen molar-refractivity contribution in [2.45, 2.75) is 25.1 Å². The number of carbonyl (C=O) groups is 1. The molecular formula is C21H21F2N5O5. The number of rotatable bonds is 6. The predicted molar refractivity (Wildman–Crippen MR) is 112 cm³/mol. The molecule has 5 rings (SSSR count). The van der Waals surface area contributed by atoms with Crippen LogP contribution in [0.25, 0.3) is 11.4 Å². The molecule has 1 aromatic carbocycles. The monoisotopic (exact) mass is 461 g/mol. The lowest BCUT2D eigenvalue weighted by atomic mass is 9.97. The Bertz CT molecular complexity index is 1130. The molecule has 2 aromatic rings. The highest BCUT2D eigenvalue weighted by molar-refractivity contribution is 5.84. The minimum atomic E-state index is -2.74. The van der Waals surface area contributed by atoms with Gasteiger partial charge in [0.15, 0.2) is 11.8 Å². The Morgan fingerprint density at radius 3 is 2.76 bits per heavy atom. The van der Waals surface area contributed by atoms with Crippen LogP contribution in [0.15, 0.2) is 30.3 Å². The first-order chi connectivity index (χ1) is 16.0. The second kappa shape index (κ2) is 8.38. The van der Waals surface area contributed by atoms with E-state index in [1.165, 1.54) is 0 Å². The summed E-state index contributed by atoms with van der Waals surface area (Å²) in [4.78, 5) is 28.7. The molecule has 174 valence electrons. The Morgan fingerprint density at radius 2 is 2.09 bits per heavy atom. The van der Waals surface area contributed by atoms with E-state index in [0.29, 0.717) is 49.2 Å². The van der Waals surface area contributed by atoms with Crippen LogP contribution in [0, 0.1) is 5.92 Å². The number of imidazole rings is 1. The van der Waals surface area contributed by atoms with Crippen molar-refractivity contribution in [3.05, 3.63) is 30.3 Å². The summed E-state index contributed by atoms with van der Waals surface area (Å²) in [6.07, 6.45) is -1.15. The highest BCUT2D eigenvalue weighted by Crippen LogP contribution is 2.38. The van der Waals surface area contributed by atoms with Crippen molar-refractivity contribution in [3.63, 3.8) is 0 Å². The number of hydrogen-bond acceptors (Lipinski definition) is 8. The minimum Gasteiger partial charge on any atom is -0.491 e. The highest BCUT2D eigenvalue weighted by atomic mass is 19.3. The van der Waals surface area contributed by atoms with Gasteiger partial charge in [-0.1, -0.05) is 0 Å². The van der Waals surface area contributed by atoms with E-state index < -0.39 is 24.4 Å². The van der Waals surface area contributed by atoms with Crippen molar-refractivity contribution in [1.82, 2.24) is 9.55 Å². The van der Waals surface area contributed by atoms with Crippen LogP contribution in [0.1, 0.15) is 0 Å². The first kappa shape index (κ1) is 21.2. The number of primary amides is 1. The summed E-state index contributed by atoms with van der Waals surface area (Å²) in [6, 6.07) is 3.36. The van der Waals surface area contributed by atoms with Crippen molar-refractivity contribution in [1.29, 1.82) is 0 Å². The fraction of sp³-hybridized carbons (Fsp3) is 0.429. The lowest BCUT2D eigenvalue weighted by molar-refractivity contribution is -0.124. The molecule has 4 heterocycles. The maximum absolute atomic E-state index is 13.5. The third-order valence-electron chi connectivity index (χ3n) is 5.91. The number of fused-ring (bicyclic) bond motifs is 3. The minimum absolute atomic E-state index is 0.00536. The van der Waals surface area contributed by atoms with Crippen molar-refractivity contribution >= 4 is 23.4 Å². The maximum atomic E-state index is 13.5. The van der Waals surface area contributed by atoms with Gasteiger partial charge in [-0.25, -0.2) is 18.6 Å². The number of aromatic nitrogens is 2. The van der Waals surface area contributed by atoms with Crippen molar-refractivity contribution in [2.24, 2.45) is 11.7 Å². The van der Waals surface area contributed by atoms with Crippen LogP contribution < -0.4 is 20.7 Å². The van der Waals surface area contributed by atoms with E-state index >= 15 is 0 Å². The zero-order valence-corrected chi connectivity index (χ0v) is 17.4. The first-order valence-electron chi connectivity index (χ1n) is 10.4. The summed E-state index contributed by atoms with van der Waals surface area (Å²) in [5.41, 5.74) is 6.82. The number of anilines is 2. The Hall–Kier alpha value is -3.63. The molecule has 33 heavy (non-hydrogen) atoms. The summed E-state index contributed by atoms with van der Waals surface area (Å²) in [7, 11) is 0. The normalized spacial score (nSPS) is 20.6. The molecule has 2 fully saturated rings. The fourth-order valence-corrected chi connectivity index (χ4v) is 4.12. The van der Waals surface area contributed by atoms with Gasteiger partial charge in [0.2, 0.25) is 5.91 Å². The lowest BCUT2D eigenvalue weighted by Gasteiger charge is -2.32. The molecule has 3 N–H and O–H groups in total. The second-order valence-corrected chi connectivity index (χ2v) is 7.99. The molecule has 12 heteroatoms. The number of alkyl halides is 2. The number of nitrogens with zero attached hydrogens (tertiary/aromatic N) is 3. The zero-order valence-electron chi connectivity index (χ0n) is 17.4. The van der Waals surface area contributed by atoms with E-state index in [0.717, 1.165) is 4.90 Å². The molecule has 2 atom stereocenters. The second-order valence-electron chi connectivity index (χ2n) is 7.99. The quantitative estimate of drug-likeness (QED) is 0.612. The average molecular weight is 461 g/mol. The molecule has 0 radical (unpaired) electrons. The van der Waals surface area contributed by atoms with E-state index in [1.807, 2.05) is 0 Å². The maximum Gasteiger partial charge on any atom is 0.284 e. The number of carbonyl (C=O) groups excluding carboxylic acids is 2. The van der Waals surface area contributed by atoms with E-state index in [9.17, 15) is 18.4 Å². The van der Waals surface area contributed by atoms with Gasteiger partial charge in [0.25, 0.3) is 12.3 Å². The number of nitrogens with two attached hydrogens (primary N) is 1. The Kier molecular flexibility index (Phi) is 5.39. The SMILES string of the molecule is NC(=O)[C@@H](Nc1ccc2c(c1)OCCn1cc(N3C(=C=O)OC[C@H]3C(F)F)nc1-2)C1COC1. The van der Waals surface area contributed by atoms with Gasteiger partial charge < -0.3 is 29.8 Å². The standard InChI is InChI=1S/C21H21F2N5O5/c22-19(23)14-10-33-17(7-29)28(14)16-6-27-3-4-32-15-5-12(1-2-13(15)21(27)26-16)25-18(20(24)30)11-8-31-9-11/h1-2,5-6,11,14,18-19,25H,3-4,8-10H2,(H2,24,30)/t14-,18-/m0/s1. The van der Waals surface area contributed by atoms with Gasteiger partial charge in [0, 0.05) is 23.9 Å². The summed E-state index contributed by atoms with van der Waals surface area (Å²) in [5, 5.41) is 3.14. The number of hydrogen-bond donors (Lipinski definition) is 2. The van der Waals surface area contributed by atoms with Crippen molar-refractivity contribution in [2.75, 3.05) is 36.6 Å². The largest absolute Gasteiger partial charge is 0.491 e. The van der Waals surface area contributed by atoms with Crippen molar-refractivity contribution < 1.29 is 32.6 Å². The molecule has 2 saturated heterocycles. The lowest BCUT2D eigenvalue weighted by Crippen LogP contribution is -2.49. The molecule has 3 aliphatic rings. The predicted octanol–water partition coefficient (Wildman–Crippen LogP) is 0.998. The molecule has 1 aromatic heterocycles. The van der Waals surface area contributed by atoms with Crippen LogP contribution in [-0.4, -0.2) is 66.3 Å². The van der Waals surface area contributed by atoms with E-state index in [-0.39, 0.29) is 24.2 Å². The van der Waals surface area contributed by atoms with E-state index in [1.54, 1.807) is 34.9 Å². The summed E-state index contributed by atoms with van der Waals surface area (Å²) in [6.45, 7) is 1.31. The van der Waals surface area contributed by atoms with Crippen LogP contribution in [0.5, 0.6) is 5.75 Å². The third-order valence-corrected chi connectivity index (χ3v) is 5.91. The molecule has 1 amide bonds. The molecule has 3 aliphatic heterocycles. The zero-order chi connectivity index (χ0) is 23.1. The van der Waals surface area contributed by atoms with Gasteiger partial charge >= 0.3 is 0 Å². The van der Waals surface area contributed by atoms with Gasteiger partial charge in [-0.15, -0.1) is 0 Å². The number of amides is 1. The highest BCUT2D eigenvalue weighted by Gasteiger charge is 2.40. The van der Waals surface area contributed by atoms with Gasteiger partial charge in [-0.2, -0.15) is 0 Å². The molecule has 0 aliphatic carbocycles. The molecule has 0 spiro atoms. The molecular weight excluding hydrogens is 440 g/mol. The fourth-order valence-electron chi connectivity index (χ4n) is 4.12. The van der Waals surface area contributed by atoms with Gasteiger partial charge in [-0.05, 0) is 12.1 Å². The average Bonchev–Trinajstić information content (AvgIpc) is 3.32. The Labute approximate surface area is 186 Å². The topological polar surface area (TPSA) is 121 Å². The molecule has 0 bridgehead atoms. The number of nitrogens with one attached hydrogen (secondary N) is 1. The summed E-state index contributed by atoms with van der Waals surface area (Å²) >= 11 is 0. The van der Waals surface area contributed by atoms with Crippen LogP contribution in [0.2, 0.25) is 0 Å². The number of benzene rings is 1. The number of ether oxygens (including phenoxy) is 3. The van der Waals surface area contributed by atoms with Crippen LogP contribution >= 0.6 is 0 Å². The molecule has 0 unspecified atom stereocenters. The Morgan fingerprint density at radius 1 is 1.27 bits per heavy atom. The van der Waals surface area contributed by atoms with Crippen LogP contribution in [0.3, 0.4) is 0 Å². The third kappa shape index (κ3) is 3.77. The Balaban J connectivity index is 1.47. The van der Waals surface area contributed by atoms with Gasteiger partial charge in [-0.3, -0.25) is 9.69 Å². The molecule has 0 saturated carbocycles. The van der Waals surface area contributed by atoms with Crippen molar-refractivity contribution in [3.8, 4) is 17.1 Å². The van der Waals surface area contributed by atoms with Crippen LogP contribution in [0.4, 0.5) is 20.3 Å². The van der Waals surface area contributed by atoms with E-state index in [2.05, 4.69) is 10.3 Å². The van der Waals surface area contributed by atoms with Gasteiger partial charge in [0.1, 0.15) is 36.9 Å². The van der Waals surface area contributed by atoms with Gasteiger partial charge in [0.05, 0.1) is 25.3 Å². The van der Waals surface area contributed by atoms with Crippen LogP contribution in [-0.2, 0) is 25.6 Å². The smallest absolute Gasteiger partial charge is 0.284 e.